The van der Waals surface area contributed by atoms with E-state index in [1.807, 2.05) is 25.1 Å². The van der Waals surface area contributed by atoms with E-state index in [4.69, 9.17) is 16.0 Å². The fourth-order valence-electron chi connectivity index (χ4n) is 1.59. The van der Waals surface area contributed by atoms with Crippen LogP contribution in [0.3, 0.4) is 0 Å². The summed E-state index contributed by atoms with van der Waals surface area (Å²) >= 11 is 5.78. The van der Waals surface area contributed by atoms with E-state index in [2.05, 4.69) is 0 Å². The first kappa shape index (κ1) is 11.9. The van der Waals surface area contributed by atoms with Crippen molar-refractivity contribution in [1.82, 2.24) is 0 Å². The summed E-state index contributed by atoms with van der Waals surface area (Å²) in [7, 11) is 0. The largest absolute Gasteiger partial charge is 0.458 e. The molecule has 0 aliphatic carbocycles. The lowest BCUT2D eigenvalue weighted by molar-refractivity contribution is 0.0965. The van der Waals surface area contributed by atoms with Gasteiger partial charge in [-0.2, -0.15) is 0 Å². The van der Waals surface area contributed by atoms with Gasteiger partial charge >= 0.3 is 0 Å². The normalized spacial score (nSPS) is 10.5. The van der Waals surface area contributed by atoms with Gasteiger partial charge in [0.2, 0.25) is 5.78 Å². The minimum Gasteiger partial charge on any atom is -0.458 e. The van der Waals surface area contributed by atoms with E-state index < -0.39 is 0 Å². The molecule has 0 saturated heterocycles. The summed E-state index contributed by atoms with van der Waals surface area (Å²) in [6.07, 6.45) is 1.14. The first-order valence-electron chi connectivity index (χ1n) is 5.55. The molecule has 2 aromatic rings. The van der Waals surface area contributed by atoms with Crippen molar-refractivity contribution in [2.45, 2.75) is 19.8 Å². The first-order valence-corrected chi connectivity index (χ1v) is 5.93. The van der Waals surface area contributed by atoms with Crippen molar-refractivity contribution in [2.75, 3.05) is 0 Å². The highest BCUT2D eigenvalue weighted by molar-refractivity contribution is 6.30. The monoisotopic (exact) mass is 248 g/mol. The average Bonchev–Trinajstić information content (AvgIpc) is 2.81. The summed E-state index contributed by atoms with van der Waals surface area (Å²) in [5.74, 6) is 1.26. The van der Waals surface area contributed by atoms with E-state index in [0.717, 1.165) is 17.7 Å². The standard InChI is InChI=1S/C14H13ClO2/c1-2-12-7-8-14(17-12)13(16)9-10-3-5-11(15)6-4-10/h3-8H,2,9H2,1H3. The van der Waals surface area contributed by atoms with Crippen molar-refractivity contribution in [3.05, 3.63) is 58.5 Å². The quantitative estimate of drug-likeness (QED) is 0.768. The van der Waals surface area contributed by atoms with Crippen LogP contribution in [0.2, 0.25) is 5.02 Å². The summed E-state index contributed by atoms with van der Waals surface area (Å²) in [6.45, 7) is 1.99. The molecular formula is C14H13ClO2. The maximum absolute atomic E-state index is 11.9. The molecular weight excluding hydrogens is 236 g/mol. The number of carbonyl (C=O) groups excluding carboxylic acids is 1. The number of Topliss-reactive ketones (excluding diaryl/α,β-unsaturated/α-hetero) is 1. The van der Waals surface area contributed by atoms with Crippen LogP contribution >= 0.6 is 11.6 Å². The highest BCUT2D eigenvalue weighted by Gasteiger charge is 2.11. The number of aryl methyl sites for hydroxylation is 1. The lowest BCUT2D eigenvalue weighted by Gasteiger charge is -1.99. The molecule has 0 aliphatic heterocycles. The number of carbonyl (C=O) groups is 1. The third-order valence-corrected chi connectivity index (χ3v) is 2.81. The SMILES string of the molecule is CCc1ccc(C(=O)Cc2ccc(Cl)cc2)o1. The molecule has 3 heteroatoms. The number of hydrogen-bond acceptors (Lipinski definition) is 2. The molecule has 17 heavy (non-hydrogen) atoms. The van der Waals surface area contributed by atoms with Crippen molar-refractivity contribution in [3.63, 3.8) is 0 Å². The Hall–Kier alpha value is -1.54. The molecule has 0 N–H and O–H groups in total. The zero-order valence-corrected chi connectivity index (χ0v) is 10.3. The summed E-state index contributed by atoms with van der Waals surface area (Å²) < 4.78 is 5.41. The molecule has 1 heterocycles. The van der Waals surface area contributed by atoms with Crippen molar-refractivity contribution < 1.29 is 9.21 Å². The minimum absolute atomic E-state index is 0.00739. The maximum Gasteiger partial charge on any atom is 0.202 e. The highest BCUT2D eigenvalue weighted by Crippen LogP contribution is 2.14. The zero-order valence-electron chi connectivity index (χ0n) is 9.57. The number of halogens is 1. The molecule has 0 unspecified atom stereocenters. The predicted molar refractivity (Wildman–Crippen MR) is 67.6 cm³/mol. The van der Waals surface area contributed by atoms with Crippen molar-refractivity contribution in [2.24, 2.45) is 0 Å². The lowest BCUT2D eigenvalue weighted by atomic mass is 10.1. The fraction of sp³-hybridized carbons (Fsp3) is 0.214. The molecule has 0 atom stereocenters. The molecule has 0 amide bonds. The van der Waals surface area contributed by atoms with Crippen molar-refractivity contribution >= 4 is 17.4 Å². The lowest BCUT2D eigenvalue weighted by Crippen LogP contribution is -2.01. The average molecular weight is 249 g/mol. The number of benzene rings is 1. The van der Waals surface area contributed by atoms with Gasteiger partial charge in [0.05, 0.1) is 0 Å². The number of ketones is 1. The van der Waals surface area contributed by atoms with E-state index in [0.29, 0.717) is 17.2 Å². The van der Waals surface area contributed by atoms with Gasteiger partial charge in [-0.15, -0.1) is 0 Å². The Labute approximate surface area is 105 Å². The van der Waals surface area contributed by atoms with E-state index in [1.54, 1.807) is 18.2 Å². The van der Waals surface area contributed by atoms with Crippen LogP contribution in [0.4, 0.5) is 0 Å². The van der Waals surface area contributed by atoms with Crippen LogP contribution in [-0.4, -0.2) is 5.78 Å². The summed E-state index contributed by atoms with van der Waals surface area (Å²) in [6, 6.07) is 10.8. The van der Waals surface area contributed by atoms with Crippen LogP contribution in [0.25, 0.3) is 0 Å². The number of furan rings is 1. The first-order chi connectivity index (χ1) is 8.19. The van der Waals surface area contributed by atoms with Gasteiger partial charge in [0.1, 0.15) is 5.76 Å². The maximum atomic E-state index is 11.9. The Bertz CT molecular complexity index is 511. The molecule has 0 spiro atoms. The molecule has 0 fully saturated rings. The van der Waals surface area contributed by atoms with Crippen LogP contribution in [0.1, 0.15) is 28.8 Å². The van der Waals surface area contributed by atoms with E-state index in [1.165, 1.54) is 0 Å². The third-order valence-electron chi connectivity index (χ3n) is 2.56. The molecule has 1 aromatic carbocycles. The van der Waals surface area contributed by atoms with E-state index in [-0.39, 0.29) is 5.78 Å². The Balaban J connectivity index is 2.08. The smallest absolute Gasteiger partial charge is 0.202 e. The molecule has 0 saturated carbocycles. The Morgan fingerprint density at radius 1 is 1.18 bits per heavy atom. The second-order valence-corrected chi connectivity index (χ2v) is 4.28. The Morgan fingerprint density at radius 2 is 1.88 bits per heavy atom. The number of rotatable bonds is 4. The molecule has 88 valence electrons. The molecule has 0 aliphatic rings. The van der Waals surface area contributed by atoms with Gasteiger partial charge in [0.25, 0.3) is 0 Å². The predicted octanol–water partition coefficient (Wildman–Crippen LogP) is 3.92. The van der Waals surface area contributed by atoms with Crippen molar-refractivity contribution in [1.29, 1.82) is 0 Å². The molecule has 0 bridgehead atoms. The van der Waals surface area contributed by atoms with Crippen molar-refractivity contribution in [3.8, 4) is 0 Å². The highest BCUT2D eigenvalue weighted by atomic mass is 35.5. The van der Waals surface area contributed by atoms with Crippen LogP contribution in [-0.2, 0) is 12.8 Å². The van der Waals surface area contributed by atoms with E-state index >= 15 is 0 Å². The van der Waals surface area contributed by atoms with E-state index in [9.17, 15) is 4.79 Å². The van der Waals surface area contributed by atoms with Crippen LogP contribution < -0.4 is 0 Å². The molecule has 1 aromatic heterocycles. The topological polar surface area (TPSA) is 30.2 Å². The summed E-state index contributed by atoms with van der Waals surface area (Å²) in [5.41, 5.74) is 0.939. The zero-order chi connectivity index (χ0) is 12.3. The third kappa shape index (κ3) is 2.98. The van der Waals surface area contributed by atoms with Crippen LogP contribution in [0, 0.1) is 0 Å². The Morgan fingerprint density at radius 3 is 2.47 bits per heavy atom. The molecule has 0 radical (unpaired) electrons. The second kappa shape index (κ2) is 5.19. The van der Waals surface area contributed by atoms with Gasteiger partial charge in [-0.3, -0.25) is 4.79 Å². The molecule has 2 nitrogen and oxygen atoms in total. The van der Waals surface area contributed by atoms with Crippen LogP contribution in [0.5, 0.6) is 0 Å². The molecule has 2 rings (SSSR count). The van der Waals surface area contributed by atoms with Crippen LogP contribution in [0.15, 0.2) is 40.8 Å². The summed E-state index contributed by atoms with van der Waals surface area (Å²) in [4.78, 5) is 11.9. The van der Waals surface area contributed by atoms with Gasteiger partial charge in [0, 0.05) is 17.9 Å². The van der Waals surface area contributed by atoms with Gasteiger partial charge in [-0.25, -0.2) is 0 Å². The number of hydrogen-bond donors (Lipinski definition) is 0. The summed E-state index contributed by atoms with van der Waals surface area (Å²) in [5, 5.41) is 0.674. The van der Waals surface area contributed by atoms with Gasteiger partial charge in [-0.1, -0.05) is 30.7 Å². The van der Waals surface area contributed by atoms with Gasteiger partial charge in [0.15, 0.2) is 5.76 Å². The fourth-order valence-corrected chi connectivity index (χ4v) is 1.72. The van der Waals surface area contributed by atoms with Gasteiger partial charge < -0.3 is 4.42 Å². The second-order valence-electron chi connectivity index (χ2n) is 3.85. The minimum atomic E-state index is -0.00739. The van der Waals surface area contributed by atoms with Gasteiger partial charge in [-0.05, 0) is 29.8 Å². The Kier molecular flexibility index (Phi) is 3.64.